The molecular weight excluding hydrogens is 215 g/mol. The highest BCUT2D eigenvalue weighted by Crippen LogP contribution is 2.36. The maximum absolute atomic E-state index is 10.9. The third-order valence-corrected chi connectivity index (χ3v) is 3.27. The van der Waals surface area contributed by atoms with Gasteiger partial charge in [-0.1, -0.05) is 24.2 Å². The molecule has 1 fully saturated rings. The van der Waals surface area contributed by atoms with E-state index in [1.54, 1.807) is 0 Å². The van der Waals surface area contributed by atoms with Gasteiger partial charge in [0.1, 0.15) is 6.29 Å². The molecule has 0 unspecified atom stereocenters. The molecule has 4 heteroatoms. The second-order valence-corrected chi connectivity index (χ2v) is 5.03. The third kappa shape index (κ3) is 2.15. The van der Waals surface area contributed by atoms with Gasteiger partial charge in [0.25, 0.3) is 0 Å². The molecule has 0 radical (unpaired) electrons. The van der Waals surface area contributed by atoms with E-state index in [1.807, 2.05) is 27.7 Å². The molecule has 1 heterocycles. The maximum atomic E-state index is 10.9. The fourth-order valence-electron chi connectivity index (χ4n) is 1.47. The van der Waals surface area contributed by atoms with E-state index in [9.17, 15) is 4.79 Å². The van der Waals surface area contributed by atoms with Gasteiger partial charge in [0, 0.05) is 5.56 Å². The molecule has 0 aliphatic carbocycles. The van der Waals surface area contributed by atoms with Crippen LogP contribution >= 0.6 is 0 Å². The van der Waals surface area contributed by atoms with E-state index in [2.05, 4.69) is 0 Å². The lowest BCUT2D eigenvalue weighted by atomic mass is 9.79. The number of carbonyl (C=O) groups excluding carboxylic acids is 1. The predicted molar refractivity (Wildman–Crippen MR) is 67.5 cm³/mol. The normalized spacial score (nSPS) is 24.8. The van der Waals surface area contributed by atoms with Crippen LogP contribution in [0.15, 0.2) is 24.2 Å². The van der Waals surface area contributed by atoms with Gasteiger partial charge in [-0.15, -0.1) is 0 Å². The van der Waals surface area contributed by atoms with Crippen LogP contribution in [0, 0.1) is 0 Å². The molecule has 3 nitrogen and oxygen atoms in total. The average molecular weight is 236 g/mol. The molecule has 0 spiro atoms. The van der Waals surface area contributed by atoms with Crippen LogP contribution in [-0.2, 0) is 9.31 Å². The number of hydrogen-bond acceptors (Lipinski definition) is 3. The fourth-order valence-corrected chi connectivity index (χ4v) is 1.47. The summed E-state index contributed by atoms with van der Waals surface area (Å²) >= 11 is 0. The summed E-state index contributed by atoms with van der Waals surface area (Å²) in [6.07, 6.45) is 0.328. The van der Waals surface area contributed by atoms with E-state index in [0.29, 0.717) is 6.29 Å². The van der Waals surface area contributed by atoms with Gasteiger partial charge in [0.15, 0.2) is 0 Å². The van der Waals surface area contributed by atoms with Crippen molar-refractivity contribution >= 4 is 18.9 Å². The molecule has 1 aliphatic heterocycles. The van der Waals surface area contributed by atoms with Crippen LogP contribution in [0.4, 0.5) is 0 Å². The van der Waals surface area contributed by atoms with Crippen LogP contribution in [0.3, 0.4) is 0 Å². The quantitative estimate of drug-likeness (QED) is 0.580. The zero-order valence-corrected chi connectivity index (χ0v) is 10.4. The number of benzene rings is 1. The minimum absolute atomic E-state index is 0.0225. The summed E-state index contributed by atoms with van der Waals surface area (Å²) in [7, 11) is -0.996. The van der Waals surface area contributed by atoms with E-state index in [1.165, 1.54) is 0 Å². The summed E-state index contributed by atoms with van der Waals surface area (Å²) in [4.78, 5) is 10.9. The first kappa shape index (κ1) is 8.06. The Bertz CT molecular complexity index is 571. The van der Waals surface area contributed by atoms with Crippen LogP contribution in [0.5, 0.6) is 0 Å². The highest BCUT2D eigenvalue weighted by atomic mass is 16.7. The number of hydrogen-bond donors (Lipinski definition) is 0. The van der Waals surface area contributed by atoms with Gasteiger partial charge in [-0.2, -0.15) is 0 Å². The van der Waals surface area contributed by atoms with Gasteiger partial charge in [-0.25, -0.2) is 0 Å². The zero-order chi connectivity index (χ0) is 16.2. The monoisotopic (exact) mass is 236 g/mol. The molecule has 90 valence electrons. The number of rotatable bonds is 2. The van der Waals surface area contributed by atoms with Crippen molar-refractivity contribution in [2.24, 2.45) is 0 Å². The summed E-state index contributed by atoms with van der Waals surface area (Å²) in [5.41, 5.74) is -1.53. The van der Waals surface area contributed by atoms with Gasteiger partial charge in [0.05, 0.1) is 16.7 Å². The van der Waals surface area contributed by atoms with Gasteiger partial charge in [-0.3, -0.25) is 4.79 Å². The van der Waals surface area contributed by atoms with E-state index in [0.717, 1.165) is 0 Å². The van der Waals surface area contributed by atoms with Crippen molar-refractivity contribution in [3.63, 3.8) is 0 Å². The molecule has 0 N–H and O–H groups in total. The van der Waals surface area contributed by atoms with Crippen molar-refractivity contribution in [1.82, 2.24) is 0 Å². The van der Waals surface area contributed by atoms with Crippen molar-refractivity contribution in [1.29, 1.82) is 0 Å². The van der Waals surface area contributed by atoms with Gasteiger partial charge in [-0.05, 0) is 33.2 Å². The standard InChI is InChI=1S/C13H17BO3/c1-12(2)13(3,4)17-14(16-12)11-7-5-10(9-15)6-8-11/h5-9H,1-4H3/i5D,6D,7D,8D. The van der Waals surface area contributed by atoms with Crippen LogP contribution < -0.4 is 5.46 Å². The van der Waals surface area contributed by atoms with Crippen molar-refractivity contribution in [2.75, 3.05) is 0 Å². The molecule has 0 amide bonds. The molecule has 17 heavy (non-hydrogen) atoms. The Balaban J connectivity index is 2.60. The van der Waals surface area contributed by atoms with Crippen molar-refractivity contribution < 1.29 is 19.6 Å². The second kappa shape index (κ2) is 3.96. The van der Waals surface area contributed by atoms with Crippen LogP contribution in [-0.4, -0.2) is 24.6 Å². The molecule has 0 aromatic heterocycles. The highest BCUT2D eigenvalue weighted by Gasteiger charge is 2.51. The Hall–Kier alpha value is -1.13. The molecule has 1 aromatic rings. The summed E-state index contributed by atoms with van der Waals surface area (Å²) in [6.45, 7) is 7.35. The van der Waals surface area contributed by atoms with E-state index < -0.39 is 18.3 Å². The molecular formula is C13H17BO3. The fraction of sp³-hybridized carbons (Fsp3) is 0.462. The van der Waals surface area contributed by atoms with Crippen molar-refractivity contribution in [3.8, 4) is 0 Å². The van der Waals surface area contributed by atoms with E-state index in [4.69, 9.17) is 14.8 Å². The summed E-state index contributed by atoms with van der Waals surface area (Å²) in [5.74, 6) is 0. The summed E-state index contributed by atoms with van der Waals surface area (Å²) < 4.78 is 43.1. The number of aldehydes is 1. The molecule has 0 bridgehead atoms. The molecule has 2 rings (SSSR count). The minimum atomic E-state index is -0.996. The Morgan fingerprint density at radius 2 is 1.59 bits per heavy atom. The molecule has 1 aliphatic rings. The maximum Gasteiger partial charge on any atom is 0.494 e. The average Bonchev–Trinajstić information content (AvgIpc) is 2.57. The lowest BCUT2D eigenvalue weighted by molar-refractivity contribution is 0.00578. The van der Waals surface area contributed by atoms with Gasteiger partial charge >= 0.3 is 7.12 Å². The summed E-state index contributed by atoms with van der Waals surface area (Å²) in [6, 6.07) is -1.38. The molecule has 0 atom stereocenters. The first-order valence-corrected chi connectivity index (χ1v) is 5.44. The molecule has 1 saturated heterocycles. The zero-order valence-electron chi connectivity index (χ0n) is 14.4. The molecule has 0 saturated carbocycles. The van der Waals surface area contributed by atoms with E-state index in [-0.39, 0.29) is 35.2 Å². The van der Waals surface area contributed by atoms with Crippen molar-refractivity contribution in [2.45, 2.75) is 38.9 Å². The van der Waals surface area contributed by atoms with Crippen LogP contribution in [0.25, 0.3) is 0 Å². The lowest BCUT2D eigenvalue weighted by Crippen LogP contribution is -2.41. The summed E-state index contributed by atoms with van der Waals surface area (Å²) in [5, 5.41) is 0. The van der Waals surface area contributed by atoms with E-state index >= 15 is 0 Å². The lowest BCUT2D eigenvalue weighted by Gasteiger charge is -2.32. The first-order chi connectivity index (χ1) is 9.53. The predicted octanol–water partition coefficient (Wildman–Crippen LogP) is 1.80. The number of carbonyl (C=O) groups is 1. The highest BCUT2D eigenvalue weighted by molar-refractivity contribution is 6.62. The van der Waals surface area contributed by atoms with Gasteiger partial charge in [0.2, 0.25) is 0 Å². The first-order valence-electron chi connectivity index (χ1n) is 7.44. The largest absolute Gasteiger partial charge is 0.494 e. The van der Waals surface area contributed by atoms with Crippen molar-refractivity contribution in [3.05, 3.63) is 29.7 Å². The Morgan fingerprint density at radius 3 is 2.00 bits per heavy atom. The minimum Gasteiger partial charge on any atom is -0.399 e. The van der Waals surface area contributed by atoms with Crippen LogP contribution in [0.1, 0.15) is 43.5 Å². The third-order valence-electron chi connectivity index (χ3n) is 3.27. The smallest absolute Gasteiger partial charge is 0.399 e. The topological polar surface area (TPSA) is 35.5 Å². The molecule has 1 aromatic carbocycles. The van der Waals surface area contributed by atoms with Crippen LogP contribution in [0.2, 0.25) is 0 Å². The Kier molecular flexibility index (Phi) is 1.88. The second-order valence-electron chi connectivity index (χ2n) is 5.03. The van der Waals surface area contributed by atoms with Gasteiger partial charge < -0.3 is 9.31 Å². The Labute approximate surface area is 108 Å². The Morgan fingerprint density at radius 1 is 1.12 bits per heavy atom. The SMILES string of the molecule is [2H]c1c([2H])c(B2OC(C)(C)C(C)(C)O2)c([2H])c([2H])c1C=O.